The summed E-state index contributed by atoms with van der Waals surface area (Å²) in [6, 6.07) is 0. The van der Waals surface area contributed by atoms with E-state index in [4.69, 9.17) is 4.74 Å². The molecule has 0 spiro atoms. The number of rotatable bonds is 5. The quantitative estimate of drug-likeness (QED) is 0.457. The van der Waals surface area contributed by atoms with E-state index < -0.39 is 0 Å². The molecule has 0 bridgehead atoms. The fourth-order valence-corrected chi connectivity index (χ4v) is 0.651. The predicted molar refractivity (Wildman–Crippen MR) is 58.2 cm³/mol. The van der Waals surface area contributed by atoms with Crippen LogP contribution in [0, 0.1) is 0 Å². The summed E-state index contributed by atoms with van der Waals surface area (Å²) in [6.07, 6.45) is 10.4. The molecule has 0 heterocycles. The van der Waals surface area contributed by atoms with Gasteiger partial charge in [-0.05, 0) is 38.5 Å². The zero-order chi connectivity index (χ0) is 10.1. The molecule has 0 saturated carbocycles. The van der Waals surface area contributed by atoms with Gasteiger partial charge in [-0.15, -0.1) is 0 Å². The summed E-state index contributed by atoms with van der Waals surface area (Å²) in [5, 5.41) is 0. The van der Waals surface area contributed by atoms with Gasteiger partial charge in [0.2, 0.25) is 0 Å². The number of allylic oxidation sites excluding steroid dienone is 5. The zero-order valence-electron chi connectivity index (χ0n) is 8.71. The molecule has 0 amide bonds. The average molecular weight is 178 g/mol. The van der Waals surface area contributed by atoms with Gasteiger partial charge in [0, 0.05) is 0 Å². The summed E-state index contributed by atoms with van der Waals surface area (Å²) in [6.45, 7) is 9.73. The first kappa shape index (κ1) is 11.8. The van der Waals surface area contributed by atoms with Crippen LogP contribution in [0.4, 0.5) is 0 Å². The van der Waals surface area contributed by atoms with E-state index in [2.05, 4.69) is 13.5 Å². The van der Waals surface area contributed by atoms with Gasteiger partial charge < -0.3 is 4.74 Å². The molecular formula is C12H18O. The van der Waals surface area contributed by atoms with Crippen LogP contribution in [0.5, 0.6) is 0 Å². The molecule has 0 radical (unpaired) electrons. The smallest absolute Gasteiger partial charge is 0.122 e. The van der Waals surface area contributed by atoms with Gasteiger partial charge >= 0.3 is 0 Å². The molecule has 13 heavy (non-hydrogen) atoms. The van der Waals surface area contributed by atoms with Crippen LogP contribution >= 0.6 is 0 Å². The van der Waals surface area contributed by atoms with Crippen molar-refractivity contribution in [3.05, 3.63) is 48.5 Å². The third-order valence-electron chi connectivity index (χ3n) is 1.35. The SMILES string of the molecule is C=C(C)/C=C\C(=CC)O/C=C/CC. The monoisotopic (exact) mass is 178 g/mol. The first-order valence-corrected chi connectivity index (χ1v) is 4.52. The van der Waals surface area contributed by atoms with Crippen LogP contribution in [0.2, 0.25) is 0 Å². The van der Waals surface area contributed by atoms with Crippen LogP contribution in [-0.4, -0.2) is 0 Å². The maximum Gasteiger partial charge on any atom is 0.122 e. The Hall–Kier alpha value is -1.24. The molecule has 0 aromatic heterocycles. The summed E-state index contributed by atoms with van der Waals surface area (Å²) in [7, 11) is 0. The molecule has 72 valence electrons. The standard InChI is InChI=1S/C12H18O/c1-5-7-10-13-12(6-2)9-8-11(3)4/h6-10H,3,5H2,1-2,4H3/b9-8-,10-7+,12-6?. The second kappa shape index (κ2) is 7.41. The van der Waals surface area contributed by atoms with Gasteiger partial charge in [-0.2, -0.15) is 0 Å². The Labute approximate surface area is 81.1 Å². The lowest BCUT2D eigenvalue weighted by Gasteiger charge is -1.98. The molecule has 0 aliphatic heterocycles. The summed E-state index contributed by atoms with van der Waals surface area (Å²) in [5.74, 6) is 0.840. The van der Waals surface area contributed by atoms with Crippen LogP contribution < -0.4 is 0 Å². The minimum Gasteiger partial charge on any atom is -0.466 e. The van der Waals surface area contributed by atoms with E-state index in [0.717, 1.165) is 17.8 Å². The molecule has 0 aliphatic rings. The minimum absolute atomic E-state index is 0.840. The second-order valence-electron chi connectivity index (χ2n) is 2.77. The molecule has 1 heteroatoms. The van der Waals surface area contributed by atoms with Gasteiger partial charge in [-0.25, -0.2) is 0 Å². The first-order valence-electron chi connectivity index (χ1n) is 4.52. The van der Waals surface area contributed by atoms with Crippen LogP contribution in [0.15, 0.2) is 48.5 Å². The maximum absolute atomic E-state index is 5.33. The van der Waals surface area contributed by atoms with E-state index in [9.17, 15) is 0 Å². The van der Waals surface area contributed by atoms with Crippen molar-refractivity contribution in [3.63, 3.8) is 0 Å². The summed E-state index contributed by atoms with van der Waals surface area (Å²) in [5.41, 5.74) is 1.02. The number of hydrogen-bond acceptors (Lipinski definition) is 1. The van der Waals surface area contributed by atoms with Gasteiger partial charge in [0.15, 0.2) is 0 Å². The Kier molecular flexibility index (Phi) is 6.70. The Morgan fingerprint density at radius 3 is 2.54 bits per heavy atom. The van der Waals surface area contributed by atoms with Gasteiger partial charge in [0.05, 0.1) is 6.26 Å². The fourth-order valence-electron chi connectivity index (χ4n) is 0.651. The molecular weight excluding hydrogens is 160 g/mol. The molecule has 0 N–H and O–H groups in total. The third kappa shape index (κ3) is 7.13. The molecule has 0 fully saturated rings. The van der Waals surface area contributed by atoms with Gasteiger partial charge in [0.25, 0.3) is 0 Å². The molecule has 0 atom stereocenters. The van der Waals surface area contributed by atoms with Crippen LogP contribution in [0.25, 0.3) is 0 Å². The lowest BCUT2D eigenvalue weighted by atomic mass is 10.3. The highest BCUT2D eigenvalue weighted by atomic mass is 16.5. The molecule has 0 aromatic carbocycles. The van der Waals surface area contributed by atoms with E-state index in [-0.39, 0.29) is 0 Å². The summed E-state index contributed by atoms with van der Waals surface area (Å²) in [4.78, 5) is 0. The fraction of sp³-hybridized carbons (Fsp3) is 0.333. The molecule has 0 rings (SSSR count). The maximum atomic E-state index is 5.33. The highest BCUT2D eigenvalue weighted by Crippen LogP contribution is 2.02. The molecule has 1 nitrogen and oxygen atoms in total. The molecule has 0 aromatic rings. The summed E-state index contributed by atoms with van der Waals surface area (Å²) >= 11 is 0. The molecule has 0 unspecified atom stereocenters. The Bertz CT molecular complexity index is 232. The van der Waals surface area contributed by atoms with E-state index in [1.54, 1.807) is 6.26 Å². The Morgan fingerprint density at radius 2 is 2.08 bits per heavy atom. The predicted octanol–water partition coefficient (Wildman–Crippen LogP) is 3.96. The summed E-state index contributed by atoms with van der Waals surface area (Å²) < 4.78 is 5.33. The zero-order valence-corrected chi connectivity index (χ0v) is 8.71. The number of ether oxygens (including phenoxy) is 1. The van der Waals surface area contributed by atoms with Crippen LogP contribution in [-0.2, 0) is 4.74 Å². The molecule has 0 saturated heterocycles. The largest absolute Gasteiger partial charge is 0.466 e. The van der Waals surface area contributed by atoms with Crippen LogP contribution in [0.3, 0.4) is 0 Å². The van der Waals surface area contributed by atoms with Gasteiger partial charge in [-0.1, -0.05) is 25.2 Å². The van der Waals surface area contributed by atoms with Crippen molar-refractivity contribution in [2.75, 3.05) is 0 Å². The topological polar surface area (TPSA) is 9.23 Å². The van der Waals surface area contributed by atoms with Crippen molar-refractivity contribution in [1.29, 1.82) is 0 Å². The third-order valence-corrected chi connectivity index (χ3v) is 1.35. The number of hydrogen-bond donors (Lipinski definition) is 0. The normalized spacial score (nSPS) is 12.7. The minimum atomic E-state index is 0.840. The van der Waals surface area contributed by atoms with Crippen LogP contribution in [0.1, 0.15) is 27.2 Å². The van der Waals surface area contributed by atoms with Crippen molar-refractivity contribution in [2.45, 2.75) is 27.2 Å². The van der Waals surface area contributed by atoms with Crippen molar-refractivity contribution in [1.82, 2.24) is 0 Å². The van der Waals surface area contributed by atoms with Gasteiger partial charge in [-0.3, -0.25) is 0 Å². The van der Waals surface area contributed by atoms with E-state index in [0.29, 0.717) is 0 Å². The van der Waals surface area contributed by atoms with E-state index >= 15 is 0 Å². The van der Waals surface area contributed by atoms with Crippen molar-refractivity contribution in [3.8, 4) is 0 Å². The van der Waals surface area contributed by atoms with Crippen molar-refractivity contribution < 1.29 is 4.74 Å². The van der Waals surface area contributed by atoms with E-state index in [1.807, 2.05) is 38.2 Å². The average Bonchev–Trinajstić information content (AvgIpc) is 2.10. The van der Waals surface area contributed by atoms with Gasteiger partial charge in [0.1, 0.15) is 5.76 Å². The highest BCUT2D eigenvalue weighted by Gasteiger charge is 1.86. The highest BCUT2D eigenvalue weighted by molar-refractivity contribution is 5.21. The van der Waals surface area contributed by atoms with Crippen molar-refractivity contribution >= 4 is 0 Å². The Morgan fingerprint density at radius 1 is 1.38 bits per heavy atom. The second-order valence-corrected chi connectivity index (χ2v) is 2.77. The lowest BCUT2D eigenvalue weighted by molar-refractivity contribution is 0.366. The van der Waals surface area contributed by atoms with E-state index in [1.165, 1.54) is 0 Å². The first-order chi connectivity index (χ1) is 6.20. The lowest BCUT2D eigenvalue weighted by Crippen LogP contribution is -1.79. The molecule has 0 aliphatic carbocycles. The Balaban J connectivity index is 4.06. The van der Waals surface area contributed by atoms with Crippen molar-refractivity contribution in [2.24, 2.45) is 0 Å².